The molecule has 0 bridgehead atoms. The highest BCUT2D eigenvalue weighted by molar-refractivity contribution is 9.10. The summed E-state index contributed by atoms with van der Waals surface area (Å²) in [5, 5.41) is 0. The third kappa shape index (κ3) is 5.98. The first-order chi connectivity index (χ1) is 19.8. The Hall–Kier alpha value is -3.94. The summed E-state index contributed by atoms with van der Waals surface area (Å²) in [7, 11) is 2.46. The molecule has 1 aliphatic heterocycles. The number of ether oxygens (including phenoxy) is 6. The summed E-state index contributed by atoms with van der Waals surface area (Å²) < 4.78 is 31.8. The number of hydrogen-bond donors (Lipinski definition) is 0. The molecule has 13 heteroatoms. The van der Waals surface area contributed by atoms with Gasteiger partial charge in [-0.05, 0) is 40.5 Å². The molecule has 2 aromatic rings. The number of benzene rings is 2. The molecule has 4 rings (SSSR count). The van der Waals surface area contributed by atoms with Crippen LogP contribution in [0.25, 0.3) is 0 Å². The van der Waals surface area contributed by atoms with Gasteiger partial charge in [-0.15, -0.1) is 0 Å². The smallest absolute Gasteiger partial charge is 0.313 e. The van der Waals surface area contributed by atoms with E-state index in [0.29, 0.717) is 13.2 Å². The van der Waals surface area contributed by atoms with Crippen LogP contribution in [0.1, 0.15) is 76.9 Å². The van der Waals surface area contributed by atoms with Crippen molar-refractivity contribution in [3.8, 4) is 17.2 Å². The lowest BCUT2D eigenvalue weighted by atomic mass is 9.80. The van der Waals surface area contributed by atoms with Crippen molar-refractivity contribution < 1.29 is 57.2 Å². The number of ketones is 3. The zero-order valence-corrected chi connectivity index (χ0v) is 25.0. The van der Waals surface area contributed by atoms with E-state index >= 15 is 0 Å². The van der Waals surface area contributed by atoms with Crippen LogP contribution in [0.3, 0.4) is 0 Å². The Balaban J connectivity index is 1.90. The molecule has 0 saturated carbocycles. The Morgan fingerprint density at radius 3 is 2.10 bits per heavy atom. The van der Waals surface area contributed by atoms with Crippen molar-refractivity contribution in [1.29, 1.82) is 0 Å². The van der Waals surface area contributed by atoms with E-state index < -0.39 is 47.0 Å². The molecule has 0 aromatic heterocycles. The zero-order chi connectivity index (χ0) is 30.9. The molecular weight excluding hydrogens is 620 g/mol. The van der Waals surface area contributed by atoms with Crippen LogP contribution in [0.4, 0.5) is 0 Å². The van der Waals surface area contributed by atoms with Crippen LogP contribution in [-0.2, 0) is 33.4 Å². The van der Waals surface area contributed by atoms with E-state index in [4.69, 9.17) is 28.4 Å². The van der Waals surface area contributed by atoms with Gasteiger partial charge in [0.2, 0.25) is 0 Å². The van der Waals surface area contributed by atoms with Gasteiger partial charge < -0.3 is 28.4 Å². The quantitative estimate of drug-likeness (QED) is 0.247. The minimum atomic E-state index is -1.28. The van der Waals surface area contributed by atoms with E-state index in [1.165, 1.54) is 25.3 Å². The molecular formula is C29H27BrO12. The number of carbonyl (C=O) groups is 6. The second-order valence-corrected chi connectivity index (χ2v) is 10.5. The third-order valence-corrected chi connectivity index (χ3v) is 7.53. The maximum absolute atomic E-state index is 14.0. The normalized spacial score (nSPS) is 15.8. The molecule has 1 aliphatic carbocycles. The Morgan fingerprint density at radius 2 is 1.52 bits per heavy atom. The van der Waals surface area contributed by atoms with Gasteiger partial charge in [-0.2, -0.15) is 0 Å². The van der Waals surface area contributed by atoms with Crippen molar-refractivity contribution >= 4 is 51.2 Å². The fraction of sp³-hybridized carbons (Fsp3) is 0.379. The van der Waals surface area contributed by atoms with Crippen molar-refractivity contribution in [2.45, 2.75) is 45.3 Å². The molecule has 0 amide bonds. The first-order valence-electron chi connectivity index (χ1n) is 12.7. The highest BCUT2D eigenvalue weighted by Crippen LogP contribution is 2.46. The number of esters is 3. The number of Topliss-reactive ketones (excluding diaryl/α,β-unsaturated/α-hetero) is 1. The Kier molecular flexibility index (Phi) is 8.95. The van der Waals surface area contributed by atoms with Gasteiger partial charge in [0.05, 0.1) is 55.4 Å². The minimum absolute atomic E-state index is 0.00747. The van der Waals surface area contributed by atoms with Gasteiger partial charge in [-0.3, -0.25) is 28.8 Å². The first-order valence-corrected chi connectivity index (χ1v) is 13.5. The second-order valence-electron chi connectivity index (χ2n) is 9.75. The minimum Gasteiger partial charge on any atom is -0.497 e. The van der Waals surface area contributed by atoms with Gasteiger partial charge in [0.1, 0.15) is 17.3 Å². The van der Waals surface area contributed by atoms with Crippen LogP contribution in [0.15, 0.2) is 22.7 Å². The third-order valence-electron chi connectivity index (χ3n) is 6.71. The molecule has 0 N–H and O–H groups in total. The number of carbonyl (C=O) groups excluding carboxylic acids is 6. The molecule has 1 saturated heterocycles. The largest absolute Gasteiger partial charge is 0.497 e. The molecule has 0 radical (unpaired) electrons. The molecule has 1 atom stereocenters. The van der Waals surface area contributed by atoms with Gasteiger partial charge in [0.15, 0.2) is 23.1 Å². The maximum Gasteiger partial charge on any atom is 0.313 e. The molecule has 1 fully saturated rings. The average Bonchev–Trinajstić information content (AvgIpc) is 3.35. The van der Waals surface area contributed by atoms with Crippen molar-refractivity contribution in [2.24, 2.45) is 0 Å². The van der Waals surface area contributed by atoms with Crippen LogP contribution in [0.5, 0.6) is 17.2 Å². The van der Waals surface area contributed by atoms with Gasteiger partial charge in [-0.25, -0.2) is 0 Å². The summed E-state index contributed by atoms with van der Waals surface area (Å²) in [4.78, 5) is 77.9. The monoisotopic (exact) mass is 646 g/mol. The zero-order valence-electron chi connectivity index (χ0n) is 23.4. The predicted octanol–water partition coefficient (Wildman–Crippen LogP) is 3.45. The van der Waals surface area contributed by atoms with Crippen molar-refractivity contribution in [1.82, 2.24) is 0 Å². The van der Waals surface area contributed by atoms with Crippen molar-refractivity contribution in [3.05, 3.63) is 50.5 Å². The standard InChI is InChI=1S/C29H27BrO12/c1-13(31)41-21-10-16(37-4)9-19-22(21)25(34)20-11-17(24(30)27(42-14(2)32)23(20)26(19)35)18(28(36)38-5)8-15(33)12-29(3)39-6-7-40-29/h9-11,18H,6-8,12H2,1-5H3. The molecule has 2 aromatic carbocycles. The van der Waals surface area contributed by atoms with Gasteiger partial charge in [0, 0.05) is 37.5 Å². The summed E-state index contributed by atoms with van der Waals surface area (Å²) in [5.74, 6) is -7.14. The van der Waals surface area contributed by atoms with Crippen molar-refractivity contribution in [2.75, 3.05) is 27.4 Å². The summed E-state index contributed by atoms with van der Waals surface area (Å²) in [5.41, 5.74) is -0.831. The Labute approximate surface area is 248 Å². The first kappa shape index (κ1) is 31.0. The van der Waals surface area contributed by atoms with Gasteiger partial charge >= 0.3 is 17.9 Å². The van der Waals surface area contributed by atoms with E-state index in [2.05, 4.69) is 15.9 Å². The lowest BCUT2D eigenvalue weighted by Gasteiger charge is -2.26. The average molecular weight is 647 g/mol. The Morgan fingerprint density at radius 1 is 0.929 bits per heavy atom. The molecule has 1 heterocycles. The number of fused-ring (bicyclic) bond motifs is 2. The summed E-state index contributed by atoms with van der Waals surface area (Å²) in [6.45, 7) is 4.45. The molecule has 222 valence electrons. The second kappa shape index (κ2) is 12.1. The van der Waals surface area contributed by atoms with E-state index in [9.17, 15) is 28.8 Å². The topological polar surface area (TPSA) is 158 Å². The molecule has 12 nitrogen and oxygen atoms in total. The summed E-state index contributed by atoms with van der Waals surface area (Å²) in [6, 6.07) is 3.85. The number of methoxy groups -OCH3 is 2. The highest BCUT2D eigenvalue weighted by atomic mass is 79.9. The van der Waals surface area contributed by atoms with Gasteiger partial charge in [0.25, 0.3) is 0 Å². The lowest BCUT2D eigenvalue weighted by molar-refractivity contribution is -0.160. The molecule has 2 aliphatic rings. The van der Waals surface area contributed by atoms with Crippen LogP contribution in [0, 0.1) is 0 Å². The van der Waals surface area contributed by atoms with E-state index in [1.807, 2.05) is 0 Å². The fourth-order valence-electron chi connectivity index (χ4n) is 4.96. The summed E-state index contributed by atoms with van der Waals surface area (Å²) in [6.07, 6.45) is -0.557. The number of rotatable bonds is 9. The van der Waals surface area contributed by atoms with Crippen LogP contribution in [0.2, 0.25) is 0 Å². The fourth-order valence-corrected chi connectivity index (χ4v) is 5.63. The maximum atomic E-state index is 14.0. The summed E-state index contributed by atoms with van der Waals surface area (Å²) >= 11 is 3.34. The van der Waals surface area contributed by atoms with E-state index in [-0.39, 0.29) is 62.4 Å². The Bertz CT molecular complexity index is 1520. The van der Waals surface area contributed by atoms with Crippen LogP contribution >= 0.6 is 15.9 Å². The lowest BCUT2D eigenvalue weighted by Crippen LogP contribution is -2.31. The molecule has 42 heavy (non-hydrogen) atoms. The SMILES string of the molecule is COC(=O)C(CC(=O)CC1(C)OCCO1)c1cc2c(c(OC(C)=O)c1Br)C(=O)c1cc(OC)cc(OC(C)=O)c1C2=O. The van der Waals surface area contributed by atoms with Crippen LogP contribution in [-0.4, -0.2) is 68.5 Å². The van der Waals surface area contributed by atoms with Crippen molar-refractivity contribution in [3.63, 3.8) is 0 Å². The number of halogens is 1. The van der Waals surface area contributed by atoms with Crippen LogP contribution < -0.4 is 14.2 Å². The van der Waals surface area contributed by atoms with E-state index in [1.54, 1.807) is 6.92 Å². The molecule has 0 spiro atoms. The number of hydrogen-bond acceptors (Lipinski definition) is 12. The predicted molar refractivity (Wildman–Crippen MR) is 146 cm³/mol. The van der Waals surface area contributed by atoms with Gasteiger partial charge in [-0.1, -0.05) is 0 Å². The molecule has 1 unspecified atom stereocenters. The van der Waals surface area contributed by atoms with E-state index in [0.717, 1.165) is 21.0 Å². The highest BCUT2D eigenvalue weighted by Gasteiger charge is 2.41.